The molecular formula is C14H7Cl5F2O. The lowest BCUT2D eigenvalue weighted by Crippen LogP contribution is -1.94. The van der Waals surface area contributed by atoms with Crippen molar-refractivity contribution in [2.24, 2.45) is 0 Å². The van der Waals surface area contributed by atoms with Gasteiger partial charge in [-0.1, -0.05) is 70.1 Å². The lowest BCUT2D eigenvalue weighted by Gasteiger charge is -2.16. The summed E-state index contributed by atoms with van der Waals surface area (Å²) in [5, 5.41) is 0.180. The Morgan fingerprint density at radius 2 is 1.36 bits per heavy atom. The van der Waals surface area contributed by atoms with Crippen LogP contribution in [0.15, 0.2) is 18.2 Å². The summed E-state index contributed by atoms with van der Waals surface area (Å²) in [5.74, 6) is 0.163. The molecule has 0 saturated heterocycles. The fraction of sp³-hybridized carbons (Fsp3) is 0.143. The molecule has 0 aliphatic carbocycles. The third kappa shape index (κ3) is 3.10. The Morgan fingerprint density at radius 1 is 0.864 bits per heavy atom. The first kappa shape index (κ1) is 17.9. The van der Waals surface area contributed by atoms with Gasteiger partial charge in [-0.3, -0.25) is 0 Å². The van der Waals surface area contributed by atoms with E-state index in [2.05, 4.69) is 0 Å². The summed E-state index contributed by atoms with van der Waals surface area (Å²) in [4.78, 5) is 0. The molecule has 0 fully saturated rings. The van der Waals surface area contributed by atoms with Crippen molar-refractivity contribution >= 4 is 58.0 Å². The molecular weight excluding hydrogens is 399 g/mol. The molecule has 0 bridgehead atoms. The van der Waals surface area contributed by atoms with E-state index < -0.39 is 6.43 Å². The van der Waals surface area contributed by atoms with Gasteiger partial charge < -0.3 is 4.74 Å². The zero-order valence-electron chi connectivity index (χ0n) is 10.9. The molecule has 0 heterocycles. The Morgan fingerprint density at radius 3 is 1.82 bits per heavy atom. The van der Waals surface area contributed by atoms with E-state index in [4.69, 9.17) is 62.7 Å². The molecule has 0 saturated carbocycles. The first-order valence-electron chi connectivity index (χ1n) is 5.77. The Labute approximate surface area is 150 Å². The summed E-state index contributed by atoms with van der Waals surface area (Å²) in [5.41, 5.74) is 0.446. The SMILES string of the molecule is COc1cc(C(F)F)ccc1-c1c(Cl)c(Cl)c(Cl)c(Cl)c1Cl. The molecule has 0 aromatic heterocycles. The molecule has 0 atom stereocenters. The van der Waals surface area contributed by atoms with Crippen molar-refractivity contribution in [2.45, 2.75) is 6.43 Å². The van der Waals surface area contributed by atoms with Gasteiger partial charge in [0, 0.05) is 16.7 Å². The highest BCUT2D eigenvalue weighted by molar-refractivity contribution is 6.56. The van der Waals surface area contributed by atoms with Crippen molar-refractivity contribution in [3.05, 3.63) is 48.9 Å². The Balaban J connectivity index is 2.77. The quantitative estimate of drug-likeness (QED) is 0.377. The smallest absolute Gasteiger partial charge is 0.263 e. The molecule has 0 aliphatic rings. The molecule has 0 radical (unpaired) electrons. The average Bonchev–Trinajstić information content (AvgIpc) is 2.51. The maximum absolute atomic E-state index is 12.8. The Hall–Kier alpha value is -0.450. The molecule has 1 nitrogen and oxygen atoms in total. The van der Waals surface area contributed by atoms with Gasteiger partial charge >= 0.3 is 0 Å². The predicted octanol–water partition coefficient (Wildman–Crippen LogP) is 7.57. The van der Waals surface area contributed by atoms with Gasteiger partial charge in [-0.05, 0) is 6.07 Å². The molecule has 118 valence electrons. The van der Waals surface area contributed by atoms with Crippen LogP contribution in [0.4, 0.5) is 8.78 Å². The van der Waals surface area contributed by atoms with E-state index in [1.807, 2.05) is 0 Å². The lowest BCUT2D eigenvalue weighted by atomic mass is 10.0. The Kier molecular flexibility index (Phi) is 5.68. The summed E-state index contributed by atoms with van der Waals surface area (Å²) >= 11 is 30.3. The molecule has 0 amide bonds. The van der Waals surface area contributed by atoms with E-state index in [0.717, 1.165) is 0 Å². The first-order chi connectivity index (χ1) is 10.3. The van der Waals surface area contributed by atoms with Gasteiger partial charge in [0.15, 0.2) is 0 Å². The topological polar surface area (TPSA) is 9.23 Å². The highest BCUT2D eigenvalue weighted by Crippen LogP contribution is 2.50. The van der Waals surface area contributed by atoms with Crippen LogP contribution in [-0.2, 0) is 0 Å². The van der Waals surface area contributed by atoms with Gasteiger partial charge in [0.05, 0.1) is 32.2 Å². The number of hydrogen-bond donors (Lipinski definition) is 0. The van der Waals surface area contributed by atoms with Crippen molar-refractivity contribution in [1.82, 2.24) is 0 Å². The van der Waals surface area contributed by atoms with E-state index in [1.54, 1.807) is 0 Å². The fourth-order valence-electron chi connectivity index (χ4n) is 1.89. The third-order valence-electron chi connectivity index (χ3n) is 2.96. The van der Waals surface area contributed by atoms with Gasteiger partial charge in [-0.2, -0.15) is 0 Å². The molecule has 2 aromatic rings. The van der Waals surface area contributed by atoms with Crippen LogP contribution < -0.4 is 4.74 Å². The number of hydrogen-bond acceptors (Lipinski definition) is 1. The number of alkyl halides is 2. The highest BCUT2D eigenvalue weighted by atomic mass is 35.5. The molecule has 2 aromatic carbocycles. The second kappa shape index (κ2) is 6.98. The minimum absolute atomic E-state index is 0.0188. The van der Waals surface area contributed by atoms with Crippen LogP contribution in [-0.4, -0.2) is 7.11 Å². The first-order valence-corrected chi connectivity index (χ1v) is 7.66. The van der Waals surface area contributed by atoms with Crippen molar-refractivity contribution in [3.63, 3.8) is 0 Å². The molecule has 2 rings (SSSR count). The summed E-state index contributed by atoms with van der Waals surface area (Å²) in [6.45, 7) is 0. The lowest BCUT2D eigenvalue weighted by molar-refractivity contribution is 0.151. The van der Waals surface area contributed by atoms with Crippen LogP contribution in [0.5, 0.6) is 5.75 Å². The fourth-order valence-corrected chi connectivity index (χ4v) is 3.23. The summed E-state index contributed by atoms with van der Waals surface area (Å²) in [6.07, 6.45) is -2.63. The molecule has 0 spiro atoms. The average molecular weight is 406 g/mol. The number of halogens is 7. The zero-order chi connectivity index (χ0) is 16.6. The van der Waals surface area contributed by atoms with Gasteiger partial charge in [0.1, 0.15) is 5.75 Å². The van der Waals surface area contributed by atoms with Crippen LogP contribution in [0.1, 0.15) is 12.0 Å². The maximum Gasteiger partial charge on any atom is 0.263 e. The summed E-state index contributed by atoms with van der Waals surface area (Å²) < 4.78 is 30.7. The Bertz CT molecular complexity index is 705. The standard InChI is InChI=1S/C14H7Cl5F2O/c1-22-7-4-5(14(20)21)2-3-6(7)8-9(15)11(17)13(19)12(18)10(8)16/h2-4,14H,1H3. The van der Waals surface area contributed by atoms with E-state index in [0.29, 0.717) is 5.56 Å². The summed E-state index contributed by atoms with van der Waals surface area (Å²) in [6, 6.07) is 3.85. The van der Waals surface area contributed by atoms with Crippen LogP contribution in [0.3, 0.4) is 0 Å². The van der Waals surface area contributed by atoms with Crippen molar-refractivity contribution in [3.8, 4) is 16.9 Å². The number of rotatable bonds is 3. The normalized spacial score (nSPS) is 11.1. The highest BCUT2D eigenvalue weighted by Gasteiger charge is 2.23. The second-order valence-corrected chi connectivity index (χ2v) is 6.10. The molecule has 8 heteroatoms. The number of benzene rings is 2. The second-order valence-electron chi connectivity index (χ2n) is 4.21. The third-order valence-corrected chi connectivity index (χ3v) is 5.23. The minimum atomic E-state index is -2.63. The van der Waals surface area contributed by atoms with E-state index in [9.17, 15) is 8.78 Å². The number of ether oxygens (including phenoxy) is 1. The van der Waals surface area contributed by atoms with Crippen molar-refractivity contribution in [2.75, 3.05) is 7.11 Å². The van der Waals surface area contributed by atoms with Gasteiger partial charge in [-0.25, -0.2) is 8.78 Å². The molecule has 0 aliphatic heterocycles. The summed E-state index contributed by atoms with van der Waals surface area (Å²) in [7, 11) is 1.34. The minimum Gasteiger partial charge on any atom is -0.496 e. The largest absolute Gasteiger partial charge is 0.496 e. The molecule has 22 heavy (non-hydrogen) atoms. The molecule has 0 N–H and O–H groups in total. The van der Waals surface area contributed by atoms with Crippen LogP contribution in [0.25, 0.3) is 11.1 Å². The van der Waals surface area contributed by atoms with E-state index >= 15 is 0 Å². The molecule has 0 unspecified atom stereocenters. The number of methoxy groups -OCH3 is 1. The van der Waals surface area contributed by atoms with Crippen LogP contribution in [0.2, 0.25) is 25.1 Å². The zero-order valence-corrected chi connectivity index (χ0v) is 14.6. The van der Waals surface area contributed by atoms with Crippen molar-refractivity contribution < 1.29 is 13.5 Å². The predicted molar refractivity (Wildman–Crippen MR) is 88.4 cm³/mol. The van der Waals surface area contributed by atoms with Crippen LogP contribution >= 0.6 is 58.0 Å². The van der Waals surface area contributed by atoms with Gasteiger partial charge in [-0.15, -0.1) is 0 Å². The van der Waals surface area contributed by atoms with Crippen molar-refractivity contribution in [1.29, 1.82) is 0 Å². The van der Waals surface area contributed by atoms with E-state index in [1.165, 1.54) is 25.3 Å². The maximum atomic E-state index is 12.8. The van der Waals surface area contributed by atoms with Crippen LogP contribution in [0, 0.1) is 0 Å². The van der Waals surface area contributed by atoms with Gasteiger partial charge in [0.2, 0.25) is 0 Å². The monoisotopic (exact) mass is 404 g/mol. The van der Waals surface area contributed by atoms with E-state index in [-0.39, 0.29) is 42.0 Å². The van der Waals surface area contributed by atoms with Gasteiger partial charge in [0.25, 0.3) is 6.43 Å².